The van der Waals surface area contributed by atoms with Crippen molar-refractivity contribution in [1.82, 2.24) is 4.90 Å². The van der Waals surface area contributed by atoms with Gasteiger partial charge in [-0.1, -0.05) is 25.1 Å². The molecule has 0 heterocycles. The number of rotatable bonds is 9. The zero-order valence-corrected chi connectivity index (χ0v) is 15.6. The first kappa shape index (κ1) is 20.9. The highest BCUT2D eigenvalue weighted by Crippen LogP contribution is 2.22. The Labute approximate surface area is 149 Å². The van der Waals surface area contributed by atoms with E-state index in [4.69, 9.17) is 15.6 Å². The van der Waals surface area contributed by atoms with Crippen LogP contribution in [0.2, 0.25) is 0 Å². The molecule has 25 heavy (non-hydrogen) atoms. The van der Waals surface area contributed by atoms with Crippen molar-refractivity contribution in [2.75, 3.05) is 26.0 Å². The Hall–Kier alpha value is -2.12. The summed E-state index contributed by atoms with van der Waals surface area (Å²) in [5, 5.41) is 12.3. The van der Waals surface area contributed by atoms with Gasteiger partial charge in [0.15, 0.2) is 0 Å². The molecule has 0 spiro atoms. The van der Waals surface area contributed by atoms with Gasteiger partial charge in [-0.2, -0.15) is 0 Å². The molecule has 1 rings (SSSR count). The third-order valence-electron chi connectivity index (χ3n) is 3.95. The third kappa shape index (κ3) is 6.03. The molecule has 140 valence electrons. The number of carbonyl (C=O) groups is 2. The van der Waals surface area contributed by atoms with Crippen molar-refractivity contribution in [2.45, 2.75) is 45.4 Å². The predicted octanol–water partition coefficient (Wildman–Crippen LogP) is 1.24. The number of benzene rings is 1. The first-order valence-corrected chi connectivity index (χ1v) is 8.36. The molecule has 0 aliphatic heterocycles. The van der Waals surface area contributed by atoms with Crippen LogP contribution in [0.4, 0.5) is 5.69 Å². The van der Waals surface area contributed by atoms with E-state index in [1.54, 1.807) is 25.9 Å². The van der Waals surface area contributed by atoms with Crippen LogP contribution in [0.1, 0.15) is 25.0 Å². The van der Waals surface area contributed by atoms with Crippen LogP contribution in [0.3, 0.4) is 0 Å². The van der Waals surface area contributed by atoms with Crippen LogP contribution in [0.15, 0.2) is 18.2 Å². The van der Waals surface area contributed by atoms with Gasteiger partial charge in [-0.15, -0.1) is 0 Å². The Morgan fingerprint density at radius 2 is 2.00 bits per heavy atom. The number of hydrogen-bond acceptors (Lipinski definition) is 6. The molecule has 2 unspecified atom stereocenters. The average Bonchev–Trinajstić information content (AvgIpc) is 2.54. The minimum Gasteiger partial charge on any atom is -0.480 e. The highest BCUT2D eigenvalue weighted by Gasteiger charge is 2.30. The summed E-state index contributed by atoms with van der Waals surface area (Å²) in [5.41, 5.74) is 8.70. The summed E-state index contributed by atoms with van der Waals surface area (Å²) in [6.45, 7) is 5.93. The van der Waals surface area contributed by atoms with Crippen LogP contribution in [-0.2, 0) is 20.7 Å². The summed E-state index contributed by atoms with van der Waals surface area (Å²) in [7, 11) is 3.52. The lowest BCUT2D eigenvalue weighted by Gasteiger charge is -2.26. The molecule has 0 aliphatic carbocycles. The van der Waals surface area contributed by atoms with Gasteiger partial charge in [-0.05, 0) is 45.5 Å². The lowest BCUT2D eigenvalue weighted by molar-refractivity contribution is -0.155. The third-order valence-corrected chi connectivity index (χ3v) is 3.95. The molecule has 0 radical (unpaired) electrons. The Kier molecular flexibility index (Phi) is 7.86. The van der Waals surface area contributed by atoms with Crippen molar-refractivity contribution in [1.29, 1.82) is 0 Å². The fourth-order valence-electron chi connectivity index (χ4n) is 2.50. The second kappa shape index (κ2) is 9.39. The largest absolute Gasteiger partial charge is 0.480 e. The molecular weight excluding hydrogens is 322 g/mol. The molecule has 0 bridgehead atoms. The number of anilines is 1. The SMILES string of the molecule is CCc1cccc(C)c1N[C@@H](C)C(=O)OC(CN(C)C)C(N)C(=O)O. The molecule has 3 atom stereocenters. The maximum absolute atomic E-state index is 12.4. The summed E-state index contributed by atoms with van der Waals surface area (Å²) in [6.07, 6.45) is -0.0920. The van der Waals surface area contributed by atoms with Crippen LogP contribution in [0.25, 0.3) is 0 Å². The van der Waals surface area contributed by atoms with E-state index in [0.29, 0.717) is 0 Å². The normalized spacial score (nSPS) is 14.7. The van der Waals surface area contributed by atoms with Crippen molar-refractivity contribution in [2.24, 2.45) is 5.73 Å². The van der Waals surface area contributed by atoms with E-state index in [-0.39, 0.29) is 6.54 Å². The van der Waals surface area contributed by atoms with E-state index in [2.05, 4.69) is 5.32 Å². The molecule has 1 aromatic carbocycles. The number of esters is 1. The first-order chi connectivity index (χ1) is 11.7. The molecule has 0 saturated carbocycles. The van der Waals surface area contributed by atoms with Crippen molar-refractivity contribution in [3.63, 3.8) is 0 Å². The smallest absolute Gasteiger partial charge is 0.328 e. The van der Waals surface area contributed by atoms with Crippen molar-refractivity contribution < 1.29 is 19.4 Å². The van der Waals surface area contributed by atoms with Crippen molar-refractivity contribution in [3.8, 4) is 0 Å². The van der Waals surface area contributed by atoms with E-state index in [0.717, 1.165) is 23.2 Å². The fraction of sp³-hybridized carbons (Fsp3) is 0.556. The summed E-state index contributed by atoms with van der Waals surface area (Å²) in [5.74, 6) is -1.73. The second-order valence-corrected chi connectivity index (χ2v) is 6.43. The molecule has 7 heteroatoms. The number of likely N-dealkylation sites (N-methyl/N-ethyl adjacent to an activating group) is 1. The van der Waals surface area contributed by atoms with Crippen molar-refractivity contribution >= 4 is 17.6 Å². The topological polar surface area (TPSA) is 105 Å². The minimum atomic E-state index is -1.27. The molecular formula is C18H29N3O4. The number of carbonyl (C=O) groups excluding carboxylic acids is 1. The molecule has 7 nitrogen and oxygen atoms in total. The number of aryl methyl sites for hydroxylation is 2. The number of carboxylic acid groups (broad SMARTS) is 1. The van der Waals surface area contributed by atoms with Crippen molar-refractivity contribution in [3.05, 3.63) is 29.3 Å². The van der Waals surface area contributed by atoms with E-state index in [1.807, 2.05) is 32.0 Å². The zero-order chi connectivity index (χ0) is 19.1. The lowest BCUT2D eigenvalue weighted by Crippen LogP contribution is -2.50. The highest BCUT2D eigenvalue weighted by molar-refractivity contribution is 5.81. The number of carboxylic acids is 1. The zero-order valence-electron chi connectivity index (χ0n) is 15.6. The number of nitrogens with two attached hydrogens (primary N) is 1. The van der Waals surface area contributed by atoms with E-state index < -0.39 is 30.1 Å². The summed E-state index contributed by atoms with van der Waals surface area (Å²) in [4.78, 5) is 25.3. The maximum Gasteiger partial charge on any atom is 0.328 e. The van der Waals surface area contributed by atoms with Gasteiger partial charge in [-0.3, -0.25) is 4.79 Å². The van der Waals surface area contributed by atoms with Gasteiger partial charge >= 0.3 is 11.9 Å². The van der Waals surface area contributed by atoms with Gasteiger partial charge in [0.1, 0.15) is 18.2 Å². The van der Waals surface area contributed by atoms with Gasteiger partial charge in [0.2, 0.25) is 0 Å². The standard InChI is InChI=1S/C18H29N3O4/c1-6-13-9-7-8-11(2)16(13)20-12(3)18(24)25-14(10-21(4)5)15(19)17(22)23/h7-9,12,14-15,20H,6,10,19H2,1-5H3,(H,22,23)/t12-,14?,15?/m0/s1. The predicted molar refractivity (Wildman–Crippen MR) is 97.7 cm³/mol. The molecule has 1 aromatic rings. The second-order valence-electron chi connectivity index (χ2n) is 6.43. The molecule has 0 amide bonds. The average molecular weight is 351 g/mol. The van der Waals surface area contributed by atoms with Gasteiger partial charge in [-0.25, -0.2) is 4.79 Å². The number of nitrogens with zero attached hydrogens (tertiary/aromatic N) is 1. The quantitative estimate of drug-likeness (QED) is 0.575. The first-order valence-electron chi connectivity index (χ1n) is 8.36. The number of hydrogen-bond donors (Lipinski definition) is 3. The van der Waals surface area contributed by atoms with Gasteiger partial charge < -0.3 is 25.8 Å². The Morgan fingerprint density at radius 3 is 2.52 bits per heavy atom. The summed E-state index contributed by atoms with van der Waals surface area (Å²) in [6, 6.07) is 4.04. The van der Waals surface area contributed by atoms with Crippen LogP contribution in [-0.4, -0.2) is 60.8 Å². The van der Waals surface area contributed by atoms with Crippen LogP contribution >= 0.6 is 0 Å². The maximum atomic E-state index is 12.4. The Bertz CT molecular complexity index is 604. The number of nitrogens with one attached hydrogen (secondary N) is 1. The van der Waals surface area contributed by atoms with E-state index >= 15 is 0 Å². The van der Waals surface area contributed by atoms with Crippen LogP contribution < -0.4 is 11.1 Å². The minimum absolute atomic E-state index is 0.233. The molecule has 0 saturated heterocycles. The van der Waals surface area contributed by atoms with Crippen LogP contribution in [0.5, 0.6) is 0 Å². The Morgan fingerprint density at radius 1 is 1.36 bits per heavy atom. The lowest BCUT2D eigenvalue weighted by atomic mass is 10.1. The molecule has 0 aromatic heterocycles. The van der Waals surface area contributed by atoms with Gasteiger partial charge in [0.25, 0.3) is 0 Å². The van der Waals surface area contributed by atoms with Gasteiger partial charge in [0.05, 0.1) is 0 Å². The molecule has 0 aliphatic rings. The molecule has 0 fully saturated rings. The van der Waals surface area contributed by atoms with Gasteiger partial charge in [0, 0.05) is 12.2 Å². The monoisotopic (exact) mass is 351 g/mol. The Balaban J connectivity index is 2.85. The highest BCUT2D eigenvalue weighted by atomic mass is 16.5. The number of ether oxygens (including phenoxy) is 1. The fourth-order valence-corrected chi connectivity index (χ4v) is 2.50. The summed E-state index contributed by atoms with van der Waals surface area (Å²) >= 11 is 0. The van der Waals surface area contributed by atoms with E-state index in [9.17, 15) is 9.59 Å². The number of aliphatic carboxylic acids is 1. The summed E-state index contributed by atoms with van der Waals surface area (Å²) < 4.78 is 5.38. The van der Waals surface area contributed by atoms with Crippen LogP contribution in [0, 0.1) is 6.92 Å². The van der Waals surface area contributed by atoms with E-state index in [1.165, 1.54) is 0 Å². The molecule has 4 N–H and O–H groups in total. The number of para-hydroxylation sites is 1.